The topological polar surface area (TPSA) is 26.3 Å². The van der Waals surface area contributed by atoms with Crippen molar-refractivity contribution in [1.29, 1.82) is 0 Å². The van der Waals surface area contributed by atoms with Crippen molar-refractivity contribution in [1.82, 2.24) is 0 Å². The zero-order chi connectivity index (χ0) is 21.2. The Kier molecular flexibility index (Phi) is 9.75. The van der Waals surface area contributed by atoms with Gasteiger partial charge < -0.3 is 4.74 Å². The molecule has 0 N–H and O–H groups in total. The molecule has 0 aliphatic heterocycles. The number of ether oxygens (including phenoxy) is 1. The molecule has 2 aliphatic carbocycles. The lowest BCUT2D eigenvalue weighted by molar-refractivity contribution is -0.134. The van der Waals surface area contributed by atoms with Gasteiger partial charge >= 0.3 is 5.97 Å². The van der Waals surface area contributed by atoms with E-state index in [4.69, 9.17) is 4.74 Å². The Morgan fingerprint density at radius 3 is 1.90 bits per heavy atom. The molecule has 2 nitrogen and oxygen atoms in total. The van der Waals surface area contributed by atoms with E-state index in [1.165, 1.54) is 89.0 Å². The van der Waals surface area contributed by atoms with E-state index in [9.17, 15) is 4.79 Å². The van der Waals surface area contributed by atoms with Crippen LogP contribution in [0.2, 0.25) is 0 Å². The Labute approximate surface area is 185 Å². The van der Waals surface area contributed by atoms with Gasteiger partial charge in [-0.05, 0) is 79.9 Å². The molecule has 168 valence electrons. The molecule has 0 radical (unpaired) electrons. The number of hydrogen-bond acceptors (Lipinski definition) is 2. The Morgan fingerprint density at radius 2 is 1.37 bits per heavy atom. The molecular weight excluding hydrogens is 368 g/mol. The van der Waals surface area contributed by atoms with Gasteiger partial charge in [0.2, 0.25) is 0 Å². The lowest BCUT2D eigenvalue weighted by Gasteiger charge is -2.38. The van der Waals surface area contributed by atoms with E-state index in [0.717, 1.165) is 30.1 Å². The van der Waals surface area contributed by atoms with E-state index >= 15 is 0 Å². The third kappa shape index (κ3) is 7.43. The van der Waals surface area contributed by atoms with Crippen LogP contribution in [0.4, 0.5) is 0 Å². The number of hydrogen-bond donors (Lipinski definition) is 0. The van der Waals surface area contributed by atoms with Crippen LogP contribution in [0.5, 0.6) is 5.75 Å². The standard InChI is InChI=1S/C28H44O2/c1-3-5-6-7-22-10-16-25(17-11-22)26-18-12-23(13-19-26)8-9-24-14-20-27(21-15-24)30-28(29)4-2/h14-15,20-23,25-26H,3-13,16-19H2,1-2H3. The minimum Gasteiger partial charge on any atom is -0.427 e. The van der Waals surface area contributed by atoms with E-state index in [-0.39, 0.29) is 5.97 Å². The van der Waals surface area contributed by atoms with Crippen LogP contribution in [0.3, 0.4) is 0 Å². The monoisotopic (exact) mass is 412 g/mol. The summed E-state index contributed by atoms with van der Waals surface area (Å²) in [6, 6.07) is 8.14. The summed E-state index contributed by atoms with van der Waals surface area (Å²) in [5.74, 6) is 4.51. The van der Waals surface area contributed by atoms with Crippen molar-refractivity contribution in [2.45, 2.75) is 110 Å². The van der Waals surface area contributed by atoms with Crippen LogP contribution in [0.1, 0.15) is 109 Å². The van der Waals surface area contributed by atoms with Crippen LogP contribution < -0.4 is 4.74 Å². The third-order valence-corrected chi connectivity index (χ3v) is 7.95. The summed E-state index contributed by atoms with van der Waals surface area (Å²) in [6.07, 6.45) is 20.5. The molecule has 30 heavy (non-hydrogen) atoms. The zero-order valence-corrected chi connectivity index (χ0v) is 19.5. The van der Waals surface area contributed by atoms with Crippen LogP contribution >= 0.6 is 0 Å². The van der Waals surface area contributed by atoms with E-state index in [1.807, 2.05) is 19.1 Å². The van der Waals surface area contributed by atoms with Crippen molar-refractivity contribution in [2.75, 3.05) is 0 Å². The largest absolute Gasteiger partial charge is 0.427 e. The molecule has 0 aromatic heterocycles. The Balaban J connectivity index is 1.32. The van der Waals surface area contributed by atoms with Crippen molar-refractivity contribution in [3.63, 3.8) is 0 Å². The third-order valence-electron chi connectivity index (χ3n) is 7.95. The summed E-state index contributed by atoms with van der Waals surface area (Å²) < 4.78 is 5.27. The van der Waals surface area contributed by atoms with Gasteiger partial charge in [-0.3, -0.25) is 4.79 Å². The molecule has 2 aliphatic rings. The Morgan fingerprint density at radius 1 is 0.800 bits per heavy atom. The molecule has 3 rings (SSSR count). The lowest BCUT2D eigenvalue weighted by Crippen LogP contribution is -2.26. The summed E-state index contributed by atoms with van der Waals surface area (Å²) in [5.41, 5.74) is 1.37. The van der Waals surface area contributed by atoms with Gasteiger partial charge in [0.1, 0.15) is 5.75 Å². The lowest BCUT2D eigenvalue weighted by atomic mass is 9.68. The van der Waals surface area contributed by atoms with Crippen LogP contribution in [-0.2, 0) is 11.2 Å². The molecular formula is C28H44O2. The second-order valence-electron chi connectivity index (χ2n) is 10.1. The number of carbonyl (C=O) groups excluding carboxylic acids is 1. The normalized spacial score (nSPS) is 27.0. The summed E-state index contributed by atoms with van der Waals surface area (Å²) in [5, 5.41) is 0. The number of rotatable bonds is 10. The summed E-state index contributed by atoms with van der Waals surface area (Å²) in [7, 11) is 0. The number of unbranched alkanes of at least 4 members (excludes halogenated alkanes) is 2. The first-order chi connectivity index (χ1) is 14.7. The van der Waals surface area contributed by atoms with Crippen LogP contribution in [-0.4, -0.2) is 5.97 Å². The van der Waals surface area contributed by atoms with E-state index in [0.29, 0.717) is 12.2 Å². The highest BCUT2D eigenvalue weighted by Crippen LogP contribution is 2.43. The second-order valence-corrected chi connectivity index (χ2v) is 10.1. The minimum atomic E-state index is -0.163. The average Bonchev–Trinajstić information content (AvgIpc) is 2.79. The van der Waals surface area contributed by atoms with Gasteiger partial charge in [-0.25, -0.2) is 0 Å². The van der Waals surface area contributed by atoms with Gasteiger partial charge in [0.25, 0.3) is 0 Å². The van der Waals surface area contributed by atoms with Gasteiger partial charge in [0, 0.05) is 6.42 Å². The maximum atomic E-state index is 11.4. The molecule has 1 aromatic rings. The number of carbonyl (C=O) groups is 1. The smallest absolute Gasteiger partial charge is 0.310 e. The van der Waals surface area contributed by atoms with Crippen LogP contribution in [0, 0.1) is 23.7 Å². The highest BCUT2D eigenvalue weighted by atomic mass is 16.5. The molecule has 2 saturated carbocycles. The number of esters is 1. The molecule has 2 heteroatoms. The number of aryl methyl sites for hydroxylation is 1. The second kappa shape index (κ2) is 12.5. The van der Waals surface area contributed by atoms with E-state index < -0.39 is 0 Å². The highest BCUT2D eigenvalue weighted by Gasteiger charge is 2.30. The minimum absolute atomic E-state index is 0.163. The quantitative estimate of drug-likeness (QED) is 0.220. The van der Waals surface area contributed by atoms with Crippen LogP contribution in [0.25, 0.3) is 0 Å². The zero-order valence-electron chi connectivity index (χ0n) is 19.5. The fourth-order valence-corrected chi connectivity index (χ4v) is 5.88. The van der Waals surface area contributed by atoms with Crippen molar-refractivity contribution in [3.8, 4) is 5.75 Å². The van der Waals surface area contributed by atoms with Crippen molar-refractivity contribution in [3.05, 3.63) is 29.8 Å². The molecule has 0 spiro atoms. The highest BCUT2D eigenvalue weighted by molar-refractivity contribution is 5.71. The maximum absolute atomic E-state index is 11.4. The molecule has 0 bridgehead atoms. The Hall–Kier alpha value is -1.31. The van der Waals surface area contributed by atoms with Crippen molar-refractivity contribution in [2.24, 2.45) is 23.7 Å². The summed E-state index contributed by atoms with van der Waals surface area (Å²) in [6.45, 7) is 4.14. The van der Waals surface area contributed by atoms with Gasteiger partial charge in [-0.2, -0.15) is 0 Å². The molecule has 0 heterocycles. The van der Waals surface area contributed by atoms with E-state index in [1.54, 1.807) is 0 Å². The fraction of sp³-hybridized carbons (Fsp3) is 0.750. The maximum Gasteiger partial charge on any atom is 0.310 e. The summed E-state index contributed by atoms with van der Waals surface area (Å²) >= 11 is 0. The van der Waals surface area contributed by atoms with Crippen molar-refractivity contribution >= 4 is 5.97 Å². The predicted molar refractivity (Wildman–Crippen MR) is 126 cm³/mol. The van der Waals surface area contributed by atoms with Gasteiger partial charge in [0.15, 0.2) is 0 Å². The van der Waals surface area contributed by atoms with Crippen LogP contribution in [0.15, 0.2) is 24.3 Å². The number of benzene rings is 1. The molecule has 0 atom stereocenters. The first-order valence-corrected chi connectivity index (χ1v) is 13.0. The molecule has 0 unspecified atom stereocenters. The Bertz CT molecular complexity index is 604. The first kappa shape index (κ1) is 23.4. The predicted octanol–water partition coefficient (Wildman–Crippen LogP) is 8.13. The molecule has 0 saturated heterocycles. The molecule has 2 fully saturated rings. The average molecular weight is 413 g/mol. The van der Waals surface area contributed by atoms with Gasteiger partial charge in [-0.1, -0.05) is 77.3 Å². The first-order valence-electron chi connectivity index (χ1n) is 13.0. The fourth-order valence-electron chi connectivity index (χ4n) is 5.88. The molecule has 1 aromatic carbocycles. The van der Waals surface area contributed by atoms with Gasteiger partial charge in [0.05, 0.1) is 0 Å². The SMILES string of the molecule is CCCCCC1CCC(C2CCC(CCc3ccc(OC(=O)CC)cc3)CC2)CC1. The van der Waals surface area contributed by atoms with Crippen molar-refractivity contribution < 1.29 is 9.53 Å². The summed E-state index contributed by atoms with van der Waals surface area (Å²) in [4.78, 5) is 11.4. The molecule has 0 amide bonds. The van der Waals surface area contributed by atoms with E-state index in [2.05, 4.69) is 19.1 Å². The van der Waals surface area contributed by atoms with Gasteiger partial charge in [-0.15, -0.1) is 0 Å².